The van der Waals surface area contributed by atoms with E-state index >= 15 is 0 Å². The Morgan fingerprint density at radius 2 is 2.17 bits per heavy atom. The van der Waals surface area contributed by atoms with E-state index in [1.807, 2.05) is 12.1 Å². The Hall–Kier alpha value is -0.890. The van der Waals surface area contributed by atoms with Crippen molar-refractivity contribution >= 4 is 0 Å². The number of aromatic nitrogens is 1. The minimum atomic E-state index is -0.415. The summed E-state index contributed by atoms with van der Waals surface area (Å²) in [5, 5.41) is 9.83. The summed E-state index contributed by atoms with van der Waals surface area (Å²) in [6.07, 6.45) is 5.25. The monoisotopic (exact) mass is 163 g/mol. The van der Waals surface area contributed by atoms with Crippen LogP contribution in [0.25, 0.3) is 0 Å². The molecule has 12 heavy (non-hydrogen) atoms. The summed E-state index contributed by atoms with van der Waals surface area (Å²) >= 11 is 0. The zero-order valence-electron chi connectivity index (χ0n) is 7.20. The van der Waals surface area contributed by atoms with E-state index in [0.29, 0.717) is 5.92 Å². The van der Waals surface area contributed by atoms with Crippen LogP contribution < -0.4 is 0 Å². The second-order valence-corrected chi connectivity index (χ2v) is 3.74. The molecular formula is C10H13NO. The Bertz CT molecular complexity index is 272. The SMILES string of the molecule is CC1CC1(O)Cc1ccncc1. The summed E-state index contributed by atoms with van der Waals surface area (Å²) in [6.45, 7) is 2.08. The van der Waals surface area contributed by atoms with E-state index in [4.69, 9.17) is 0 Å². The Morgan fingerprint density at radius 3 is 2.67 bits per heavy atom. The maximum absolute atomic E-state index is 9.83. The molecule has 0 spiro atoms. The van der Waals surface area contributed by atoms with Crippen molar-refractivity contribution in [3.8, 4) is 0 Å². The van der Waals surface area contributed by atoms with Crippen LogP contribution in [-0.2, 0) is 6.42 Å². The molecule has 1 saturated carbocycles. The van der Waals surface area contributed by atoms with E-state index in [-0.39, 0.29) is 0 Å². The summed E-state index contributed by atoms with van der Waals surface area (Å²) in [7, 11) is 0. The number of aliphatic hydroxyl groups is 1. The van der Waals surface area contributed by atoms with Crippen LogP contribution in [-0.4, -0.2) is 15.7 Å². The van der Waals surface area contributed by atoms with Gasteiger partial charge in [0.15, 0.2) is 0 Å². The standard InChI is InChI=1S/C10H13NO/c1-8-6-10(8,12)7-9-2-4-11-5-3-9/h2-5,8,12H,6-7H2,1H3. The number of rotatable bonds is 2. The molecule has 2 unspecified atom stereocenters. The van der Waals surface area contributed by atoms with E-state index in [9.17, 15) is 5.11 Å². The Labute approximate surface area is 72.3 Å². The largest absolute Gasteiger partial charge is 0.389 e. The summed E-state index contributed by atoms with van der Waals surface area (Å²) in [4.78, 5) is 3.93. The third-order valence-electron chi connectivity index (χ3n) is 2.68. The van der Waals surface area contributed by atoms with Crippen LogP contribution in [0, 0.1) is 5.92 Å². The van der Waals surface area contributed by atoms with Gasteiger partial charge in [-0.2, -0.15) is 0 Å². The summed E-state index contributed by atoms with van der Waals surface area (Å²) in [5.41, 5.74) is 0.762. The van der Waals surface area contributed by atoms with Gasteiger partial charge in [0.1, 0.15) is 0 Å². The Balaban J connectivity index is 2.06. The van der Waals surface area contributed by atoms with Crippen molar-refractivity contribution in [1.82, 2.24) is 4.98 Å². The van der Waals surface area contributed by atoms with Gasteiger partial charge in [0.05, 0.1) is 5.60 Å². The molecule has 0 amide bonds. The first kappa shape index (κ1) is 7.74. The smallest absolute Gasteiger partial charge is 0.0718 e. The Morgan fingerprint density at radius 1 is 1.58 bits per heavy atom. The minimum Gasteiger partial charge on any atom is -0.389 e. The zero-order valence-corrected chi connectivity index (χ0v) is 7.20. The van der Waals surface area contributed by atoms with Crippen molar-refractivity contribution in [3.63, 3.8) is 0 Å². The zero-order chi connectivity index (χ0) is 8.60. The molecule has 0 bridgehead atoms. The molecule has 1 aliphatic carbocycles. The fourth-order valence-electron chi connectivity index (χ4n) is 1.57. The Kier molecular flexibility index (Phi) is 1.65. The molecule has 1 heterocycles. The van der Waals surface area contributed by atoms with Crippen molar-refractivity contribution < 1.29 is 5.11 Å². The maximum atomic E-state index is 9.83. The molecule has 1 aliphatic rings. The molecule has 1 fully saturated rings. The molecule has 64 valence electrons. The molecule has 2 rings (SSSR count). The normalized spacial score (nSPS) is 33.3. The van der Waals surface area contributed by atoms with Gasteiger partial charge in [0.2, 0.25) is 0 Å². The van der Waals surface area contributed by atoms with E-state index < -0.39 is 5.60 Å². The van der Waals surface area contributed by atoms with Crippen LogP contribution in [0.1, 0.15) is 18.9 Å². The fraction of sp³-hybridized carbons (Fsp3) is 0.500. The van der Waals surface area contributed by atoms with Crippen molar-refractivity contribution in [1.29, 1.82) is 0 Å². The molecule has 0 aliphatic heterocycles. The third kappa shape index (κ3) is 1.34. The first-order valence-corrected chi connectivity index (χ1v) is 4.32. The van der Waals surface area contributed by atoms with Gasteiger partial charge in [0.25, 0.3) is 0 Å². The van der Waals surface area contributed by atoms with Crippen molar-refractivity contribution in [3.05, 3.63) is 30.1 Å². The lowest BCUT2D eigenvalue weighted by Gasteiger charge is -2.07. The molecule has 1 aromatic heterocycles. The second kappa shape index (κ2) is 2.56. The average molecular weight is 163 g/mol. The highest BCUT2D eigenvalue weighted by atomic mass is 16.3. The molecule has 2 heteroatoms. The van der Waals surface area contributed by atoms with Gasteiger partial charge >= 0.3 is 0 Å². The first-order chi connectivity index (χ1) is 5.71. The predicted octanol–water partition coefficient (Wildman–Crippen LogP) is 1.40. The molecule has 2 nitrogen and oxygen atoms in total. The van der Waals surface area contributed by atoms with E-state index in [1.165, 1.54) is 5.56 Å². The van der Waals surface area contributed by atoms with Crippen molar-refractivity contribution in [2.75, 3.05) is 0 Å². The van der Waals surface area contributed by atoms with Crippen LogP contribution in [0.2, 0.25) is 0 Å². The van der Waals surface area contributed by atoms with Gasteiger partial charge in [-0.15, -0.1) is 0 Å². The first-order valence-electron chi connectivity index (χ1n) is 4.32. The molecule has 1 aromatic rings. The number of pyridine rings is 1. The van der Waals surface area contributed by atoms with E-state index in [0.717, 1.165) is 12.8 Å². The van der Waals surface area contributed by atoms with E-state index in [2.05, 4.69) is 11.9 Å². The number of nitrogens with zero attached hydrogens (tertiary/aromatic N) is 1. The minimum absolute atomic E-state index is 0.415. The lowest BCUT2D eigenvalue weighted by atomic mass is 10.1. The van der Waals surface area contributed by atoms with Gasteiger partial charge in [-0.3, -0.25) is 4.98 Å². The van der Waals surface area contributed by atoms with Crippen LogP contribution in [0.3, 0.4) is 0 Å². The lowest BCUT2D eigenvalue weighted by Crippen LogP contribution is -2.13. The van der Waals surface area contributed by atoms with Gasteiger partial charge in [0, 0.05) is 18.8 Å². The van der Waals surface area contributed by atoms with Crippen LogP contribution in [0.5, 0.6) is 0 Å². The quantitative estimate of drug-likeness (QED) is 0.714. The number of hydrogen-bond acceptors (Lipinski definition) is 2. The van der Waals surface area contributed by atoms with Crippen molar-refractivity contribution in [2.24, 2.45) is 5.92 Å². The second-order valence-electron chi connectivity index (χ2n) is 3.74. The maximum Gasteiger partial charge on any atom is 0.0718 e. The van der Waals surface area contributed by atoms with Gasteiger partial charge in [-0.05, 0) is 30.0 Å². The van der Waals surface area contributed by atoms with Crippen LogP contribution >= 0.6 is 0 Å². The van der Waals surface area contributed by atoms with E-state index in [1.54, 1.807) is 12.4 Å². The van der Waals surface area contributed by atoms with Gasteiger partial charge in [-0.25, -0.2) is 0 Å². The average Bonchev–Trinajstić information content (AvgIpc) is 2.61. The van der Waals surface area contributed by atoms with Gasteiger partial charge < -0.3 is 5.11 Å². The topological polar surface area (TPSA) is 33.1 Å². The molecule has 0 aromatic carbocycles. The fourth-order valence-corrected chi connectivity index (χ4v) is 1.57. The van der Waals surface area contributed by atoms with Crippen LogP contribution in [0.15, 0.2) is 24.5 Å². The highest BCUT2D eigenvalue weighted by Gasteiger charge is 2.49. The summed E-state index contributed by atoms with van der Waals surface area (Å²) in [5.74, 6) is 0.464. The molecule has 2 atom stereocenters. The highest BCUT2D eigenvalue weighted by molar-refractivity contribution is 5.17. The molecule has 1 N–H and O–H groups in total. The van der Waals surface area contributed by atoms with Gasteiger partial charge in [-0.1, -0.05) is 6.92 Å². The lowest BCUT2D eigenvalue weighted by molar-refractivity contribution is 0.135. The highest BCUT2D eigenvalue weighted by Crippen LogP contribution is 2.45. The third-order valence-corrected chi connectivity index (χ3v) is 2.68. The molecule has 0 saturated heterocycles. The summed E-state index contributed by atoms with van der Waals surface area (Å²) in [6, 6.07) is 3.92. The molecular weight excluding hydrogens is 150 g/mol. The summed E-state index contributed by atoms with van der Waals surface area (Å²) < 4.78 is 0. The molecule has 0 radical (unpaired) electrons. The van der Waals surface area contributed by atoms with Crippen molar-refractivity contribution in [2.45, 2.75) is 25.4 Å². The number of hydrogen-bond donors (Lipinski definition) is 1. The predicted molar refractivity (Wildman–Crippen MR) is 46.7 cm³/mol. The van der Waals surface area contributed by atoms with Crippen LogP contribution in [0.4, 0.5) is 0 Å².